The molecule has 16 heavy (non-hydrogen) atoms. The monoisotopic (exact) mass is 258 g/mol. The van der Waals surface area contributed by atoms with Crippen LogP contribution in [0.2, 0.25) is 0 Å². The van der Waals surface area contributed by atoms with Crippen LogP contribution in [0, 0.1) is 0 Å². The van der Waals surface area contributed by atoms with Crippen molar-refractivity contribution in [2.24, 2.45) is 0 Å². The van der Waals surface area contributed by atoms with Gasteiger partial charge in [0.05, 0.1) is 10.5 Å². The maximum atomic E-state index is 12.3. The first-order valence-electron chi connectivity index (χ1n) is 3.89. The van der Waals surface area contributed by atoms with Gasteiger partial charge in [0.15, 0.2) is 0 Å². The van der Waals surface area contributed by atoms with Crippen LogP contribution in [-0.2, 0) is 23.0 Å². The Kier molecular flexibility index (Phi) is 3.25. The molecule has 0 aromatic heterocycles. The minimum Gasteiger partial charge on any atom is -0.282 e. The summed E-state index contributed by atoms with van der Waals surface area (Å²) in [6.45, 7) is -1.26. The van der Waals surface area contributed by atoms with Gasteiger partial charge in [-0.2, -0.15) is 21.6 Å². The quantitative estimate of drug-likeness (QED) is 0.654. The predicted octanol–water partition coefficient (Wildman–Crippen LogP) is 2.42. The van der Waals surface area contributed by atoms with Crippen LogP contribution in [-0.4, -0.2) is 13.0 Å². The van der Waals surface area contributed by atoms with E-state index >= 15 is 0 Å². The molecule has 1 N–H and O–H groups in total. The van der Waals surface area contributed by atoms with E-state index in [2.05, 4.69) is 0 Å². The van der Waals surface area contributed by atoms with Gasteiger partial charge in [0.1, 0.15) is 6.67 Å². The van der Waals surface area contributed by atoms with Crippen molar-refractivity contribution < 1.29 is 30.5 Å². The fourth-order valence-electron chi connectivity index (χ4n) is 1.05. The maximum absolute atomic E-state index is 12.3. The summed E-state index contributed by atoms with van der Waals surface area (Å²) >= 11 is 0. The fraction of sp³-hybridized carbons (Fsp3) is 0.250. The summed E-state index contributed by atoms with van der Waals surface area (Å²) in [5.74, 6) is 0. The van der Waals surface area contributed by atoms with Crippen LogP contribution in [0.15, 0.2) is 23.1 Å². The van der Waals surface area contributed by atoms with Crippen molar-refractivity contribution in [2.75, 3.05) is 0 Å². The van der Waals surface area contributed by atoms with Crippen molar-refractivity contribution in [2.45, 2.75) is 17.7 Å². The van der Waals surface area contributed by atoms with Crippen LogP contribution >= 0.6 is 0 Å². The molecule has 0 saturated carbocycles. The Hall–Kier alpha value is -1.15. The van der Waals surface area contributed by atoms with Gasteiger partial charge in [-0.1, -0.05) is 0 Å². The van der Waals surface area contributed by atoms with Gasteiger partial charge >= 0.3 is 6.18 Å². The minimum absolute atomic E-state index is 0.245. The van der Waals surface area contributed by atoms with E-state index in [9.17, 15) is 26.0 Å². The third-order valence-electron chi connectivity index (χ3n) is 1.75. The first-order valence-corrected chi connectivity index (χ1v) is 5.33. The highest BCUT2D eigenvalue weighted by atomic mass is 32.2. The Bertz CT molecular complexity index is 492. The molecule has 0 radical (unpaired) electrons. The summed E-state index contributed by atoms with van der Waals surface area (Å²) in [5, 5.41) is 0. The van der Waals surface area contributed by atoms with E-state index < -0.39 is 39.0 Å². The Morgan fingerprint density at radius 1 is 1.19 bits per heavy atom. The SMILES string of the molecule is O=S(=O)(O)c1cc(CF)cc(C(F)(F)F)c1. The van der Waals surface area contributed by atoms with Gasteiger partial charge in [-0.25, -0.2) is 4.39 Å². The lowest BCUT2D eigenvalue weighted by Crippen LogP contribution is -2.08. The highest BCUT2D eigenvalue weighted by molar-refractivity contribution is 7.85. The number of hydrogen-bond donors (Lipinski definition) is 1. The molecule has 3 nitrogen and oxygen atoms in total. The smallest absolute Gasteiger partial charge is 0.282 e. The van der Waals surface area contributed by atoms with E-state index in [1.54, 1.807) is 0 Å². The van der Waals surface area contributed by atoms with Crippen molar-refractivity contribution in [3.8, 4) is 0 Å². The average Bonchev–Trinajstić information content (AvgIpc) is 2.14. The summed E-state index contributed by atoms with van der Waals surface area (Å²) in [6, 6.07) is 1.37. The Balaban J connectivity index is 3.45. The molecular weight excluding hydrogens is 252 g/mol. The van der Waals surface area contributed by atoms with Crippen molar-refractivity contribution >= 4 is 10.1 Å². The van der Waals surface area contributed by atoms with Crippen molar-refractivity contribution in [3.63, 3.8) is 0 Å². The summed E-state index contributed by atoms with van der Waals surface area (Å²) in [5.41, 5.74) is -1.79. The van der Waals surface area contributed by atoms with Crippen molar-refractivity contribution in [3.05, 3.63) is 29.3 Å². The van der Waals surface area contributed by atoms with E-state index in [4.69, 9.17) is 4.55 Å². The zero-order valence-corrected chi connectivity index (χ0v) is 8.44. The van der Waals surface area contributed by atoms with Gasteiger partial charge in [0, 0.05) is 0 Å². The van der Waals surface area contributed by atoms with E-state index in [0.717, 1.165) is 0 Å². The van der Waals surface area contributed by atoms with Gasteiger partial charge in [-0.15, -0.1) is 0 Å². The van der Waals surface area contributed by atoms with E-state index in [1.807, 2.05) is 0 Å². The number of hydrogen-bond acceptors (Lipinski definition) is 2. The highest BCUT2D eigenvalue weighted by Gasteiger charge is 2.32. The van der Waals surface area contributed by atoms with Crippen LogP contribution < -0.4 is 0 Å². The molecule has 0 bridgehead atoms. The molecule has 0 heterocycles. The van der Waals surface area contributed by atoms with Crippen LogP contribution in [0.4, 0.5) is 17.6 Å². The second-order valence-corrected chi connectivity index (χ2v) is 4.39. The molecule has 0 atom stereocenters. The first-order chi connectivity index (χ1) is 7.14. The zero-order valence-electron chi connectivity index (χ0n) is 7.62. The number of alkyl halides is 4. The molecule has 0 aliphatic rings. The maximum Gasteiger partial charge on any atom is 0.416 e. The molecule has 1 rings (SSSR count). The Morgan fingerprint density at radius 3 is 2.12 bits per heavy atom. The molecule has 1 aromatic carbocycles. The van der Waals surface area contributed by atoms with Gasteiger partial charge in [0.2, 0.25) is 0 Å². The summed E-state index contributed by atoms with van der Waals surface area (Å²) in [6.07, 6.45) is -4.80. The Morgan fingerprint density at radius 2 is 1.75 bits per heavy atom. The van der Waals surface area contributed by atoms with Crippen LogP contribution in [0.25, 0.3) is 0 Å². The molecule has 0 spiro atoms. The summed E-state index contributed by atoms with van der Waals surface area (Å²) < 4.78 is 78.9. The molecule has 0 aliphatic heterocycles. The highest BCUT2D eigenvalue weighted by Crippen LogP contribution is 2.31. The van der Waals surface area contributed by atoms with Gasteiger partial charge in [-0.3, -0.25) is 4.55 Å². The number of benzene rings is 1. The molecule has 1 aromatic rings. The van der Waals surface area contributed by atoms with E-state index in [0.29, 0.717) is 12.1 Å². The topological polar surface area (TPSA) is 54.4 Å². The fourth-order valence-corrected chi connectivity index (χ4v) is 1.63. The minimum atomic E-state index is -4.80. The van der Waals surface area contributed by atoms with Crippen molar-refractivity contribution in [1.82, 2.24) is 0 Å². The van der Waals surface area contributed by atoms with Gasteiger partial charge < -0.3 is 0 Å². The third kappa shape index (κ3) is 2.92. The normalized spacial score (nSPS) is 12.8. The molecule has 8 heteroatoms. The largest absolute Gasteiger partial charge is 0.416 e. The second-order valence-electron chi connectivity index (χ2n) is 2.97. The van der Waals surface area contributed by atoms with Gasteiger partial charge in [-0.05, 0) is 23.8 Å². The van der Waals surface area contributed by atoms with Crippen LogP contribution in [0.5, 0.6) is 0 Å². The van der Waals surface area contributed by atoms with E-state index in [-0.39, 0.29) is 6.07 Å². The summed E-state index contributed by atoms with van der Waals surface area (Å²) in [7, 11) is -4.78. The molecule has 0 aliphatic carbocycles. The third-order valence-corrected chi connectivity index (χ3v) is 2.58. The molecule has 90 valence electrons. The zero-order chi connectivity index (χ0) is 12.6. The van der Waals surface area contributed by atoms with Crippen LogP contribution in [0.3, 0.4) is 0 Å². The number of halogens is 4. The lowest BCUT2D eigenvalue weighted by molar-refractivity contribution is -0.137. The van der Waals surface area contributed by atoms with Crippen molar-refractivity contribution in [1.29, 1.82) is 0 Å². The van der Waals surface area contributed by atoms with Crippen LogP contribution in [0.1, 0.15) is 11.1 Å². The average molecular weight is 258 g/mol. The molecule has 0 unspecified atom stereocenters. The van der Waals surface area contributed by atoms with Gasteiger partial charge in [0.25, 0.3) is 10.1 Å². The number of rotatable bonds is 2. The molecule has 0 saturated heterocycles. The lowest BCUT2D eigenvalue weighted by atomic mass is 10.1. The molecule has 0 amide bonds. The van der Waals surface area contributed by atoms with E-state index in [1.165, 1.54) is 0 Å². The Labute approximate surface area is 88.5 Å². The standard InChI is InChI=1S/C8H6F4O3S/c9-4-5-1-6(8(10,11)12)3-7(2-5)16(13,14)15/h1-3H,4H2,(H,13,14,15). The first kappa shape index (κ1) is 12.9. The predicted molar refractivity (Wildman–Crippen MR) is 46.1 cm³/mol. The summed E-state index contributed by atoms with van der Waals surface area (Å²) in [4.78, 5) is -0.977. The second kappa shape index (κ2) is 4.02. The molecular formula is C8H6F4O3S. The molecule has 0 fully saturated rings. The lowest BCUT2D eigenvalue weighted by Gasteiger charge is -2.09.